The third-order valence-corrected chi connectivity index (χ3v) is 4.01. The highest BCUT2D eigenvalue weighted by Crippen LogP contribution is 2.37. The number of para-hydroxylation sites is 1. The molecule has 108 valence electrons. The standard InChI is InChI=1S/C19H22NO/c1-6-16(20(3,4)5)18-13(2)11-12-15-14-9-7-8-10-17(14)21-19(15)18/h6-12H,1-5H3/q+1/b16-6-. The van der Waals surface area contributed by atoms with Gasteiger partial charge in [0, 0.05) is 10.8 Å². The quantitative estimate of drug-likeness (QED) is 0.605. The number of quaternary nitrogens is 1. The maximum atomic E-state index is 6.19. The van der Waals surface area contributed by atoms with Crippen LogP contribution in [0.1, 0.15) is 18.1 Å². The van der Waals surface area contributed by atoms with Crippen LogP contribution in [0.15, 0.2) is 46.9 Å². The summed E-state index contributed by atoms with van der Waals surface area (Å²) in [4.78, 5) is 0. The Hall–Kier alpha value is -2.06. The van der Waals surface area contributed by atoms with E-state index in [-0.39, 0.29) is 0 Å². The number of furan rings is 1. The van der Waals surface area contributed by atoms with Crippen LogP contribution in [0.25, 0.3) is 27.6 Å². The summed E-state index contributed by atoms with van der Waals surface area (Å²) in [7, 11) is 6.57. The number of hydrogen-bond acceptors (Lipinski definition) is 1. The van der Waals surface area contributed by atoms with Crippen molar-refractivity contribution < 1.29 is 8.90 Å². The molecule has 0 radical (unpaired) electrons. The summed E-state index contributed by atoms with van der Waals surface area (Å²) in [6.45, 7) is 4.25. The van der Waals surface area contributed by atoms with E-state index in [9.17, 15) is 0 Å². The first-order valence-electron chi connectivity index (χ1n) is 7.33. The molecule has 0 saturated carbocycles. The Balaban J connectivity index is 2.44. The smallest absolute Gasteiger partial charge is 0.148 e. The summed E-state index contributed by atoms with van der Waals surface area (Å²) in [6.07, 6.45) is 2.19. The number of benzene rings is 2. The van der Waals surface area contributed by atoms with Crippen LogP contribution in [-0.4, -0.2) is 25.6 Å². The minimum atomic E-state index is 0.771. The lowest BCUT2D eigenvalue weighted by atomic mass is 10.00. The Labute approximate surface area is 125 Å². The molecule has 0 fully saturated rings. The van der Waals surface area contributed by atoms with Crippen molar-refractivity contribution >= 4 is 27.6 Å². The molecule has 3 rings (SSSR count). The van der Waals surface area contributed by atoms with Crippen molar-refractivity contribution in [3.63, 3.8) is 0 Å². The Morgan fingerprint density at radius 3 is 2.38 bits per heavy atom. The maximum absolute atomic E-state index is 6.19. The van der Waals surface area contributed by atoms with Gasteiger partial charge in [0.25, 0.3) is 0 Å². The van der Waals surface area contributed by atoms with Gasteiger partial charge in [-0.15, -0.1) is 0 Å². The Morgan fingerprint density at radius 2 is 1.71 bits per heavy atom. The number of allylic oxidation sites excluding steroid dienone is 1. The summed E-state index contributed by atoms with van der Waals surface area (Å²) in [5.41, 5.74) is 5.70. The van der Waals surface area contributed by atoms with Crippen LogP contribution in [0, 0.1) is 6.92 Å². The normalized spacial score (nSPS) is 13.3. The molecule has 1 heterocycles. The Bertz CT molecular complexity index is 847. The molecule has 0 aliphatic carbocycles. The first kappa shape index (κ1) is 13.9. The van der Waals surface area contributed by atoms with Crippen molar-refractivity contribution in [3.05, 3.63) is 53.6 Å². The van der Waals surface area contributed by atoms with Crippen LogP contribution < -0.4 is 0 Å². The van der Waals surface area contributed by atoms with Crippen LogP contribution in [0.2, 0.25) is 0 Å². The summed E-state index contributed by atoms with van der Waals surface area (Å²) < 4.78 is 6.96. The third kappa shape index (κ3) is 2.16. The van der Waals surface area contributed by atoms with Crippen molar-refractivity contribution in [3.8, 4) is 0 Å². The maximum Gasteiger partial charge on any atom is 0.148 e. The second-order valence-corrected chi connectivity index (χ2v) is 6.42. The predicted molar refractivity (Wildman–Crippen MR) is 90.1 cm³/mol. The molecule has 0 N–H and O–H groups in total. The zero-order valence-electron chi connectivity index (χ0n) is 13.4. The predicted octanol–water partition coefficient (Wildman–Crippen LogP) is 4.96. The van der Waals surface area contributed by atoms with E-state index in [2.05, 4.69) is 65.3 Å². The molecule has 0 atom stereocenters. The molecular formula is C19H22NO+. The van der Waals surface area contributed by atoms with E-state index in [1.54, 1.807) is 0 Å². The molecule has 0 unspecified atom stereocenters. The van der Waals surface area contributed by atoms with Gasteiger partial charge in [0.15, 0.2) is 0 Å². The number of nitrogens with zero attached hydrogens (tertiary/aromatic N) is 1. The third-order valence-electron chi connectivity index (χ3n) is 4.01. The molecule has 2 heteroatoms. The lowest BCUT2D eigenvalue weighted by Crippen LogP contribution is -2.32. The average Bonchev–Trinajstić information content (AvgIpc) is 2.79. The molecule has 0 spiro atoms. The van der Waals surface area contributed by atoms with Gasteiger partial charge in [0.1, 0.15) is 16.9 Å². The van der Waals surface area contributed by atoms with Crippen molar-refractivity contribution in [1.29, 1.82) is 0 Å². The van der Waals surface area contributed by atoms with Gasteiger partial charge >= 0.3 is 0 Å². The molecule has 2 nitrogen and oxygen atoms in total. The van der Waals surface area contributed by atoms with Gasteiger partial charge in [-0.05, 0) is 31.6 Å². The van der Waals surface area contributed by atoms with Crippen molar-refractivity contribution in [2.24, 2.45) is 0 Å². The largest absolute Gasteiger partial charge is 0.455 e. The Morgan fingerprint density at radius 1 is 1.00 bits per heavy atom. The summed E-state index contributed by atoms with van der Waals surface area (Å²) >= 11 is 0. The number of rotatable bonds is 2. The lowest BCUT2D eigenvalue weighted by molar-refractivity contribution is -0.796. The zero-order chi connectivity index (χ0) is 15.2. The molecule has 1 aromatic heterocycles. The van der Waals surface area contributed by atoms with E-state index in [1.807, 2.05) is 12.1 Å². The van der Waals surface area contributed by atoms with E-state index in [0.717, 1.165) is 15.6 Å². The van der Waals surface area contributed by atoms with Crippen molar-refractivity contribution in [2.45, 2.75) is 13.8 Å². The van der Waals surface area contributed by atoms with Gasteiger partial charge in [-0.3, -0.25) is 4.48 Å². The van der Waals surface area contributed by atoms with Gasteiger partial charge in [0.05, 0.1) is 26.7 Å². The highest BCUT2D eigenvalue weighted by molar-refractivity contribution is 6.08. The first-order chi connectivity index (χ1) is 9.93. The monoisotopic (exact) mass is 280 g/mol. The molecule has 3 aromatic rings. The molecule has 0 aliphatic heterocycles. The fourth-order valence-corrected chi connectivity index (χ4v) is 3.07. The topological polar surface area (TPSA) is 13.1 Å². The summed E-state index contributed by atoms with van der Waals surface area (Å²) in [5.74, 6) is 0. The van der Waals surface area contributed by atoms with Crippen LogP contribution in [-0.2, 0) is 0 Å². The molecule has 0 aliphatic rings. The van der Waals surface area contributed by atoms with Crippen LogP contribution in [0.3, 0.4) is 0 Å². The highest BCUT2D eigenvalue weighted by Gasteiger charge is 2.24. The second-order valence-electron chi connectivity index (χ2n) is 6.42. The van der Waals surface area contributed by atoms with Gasteiger partial charge in [0.2, 0.25) is 0 Å². The lowest BCUT2D eigenvalue weighted by Gasteiger charge is -2.27. The fourth-order valence-electron chi connectivity index (χ4n) is 3.07. The van der Waals surface area contributed by atoms with Gasteiger partial charge in [-0.1, -0.05) is 30.3 Å². The van der Waals surface area contributed by atoms with E-state index in [1.165, 1.54) is 27.6 Å². The number of aryl methyl sites for hydroxylation is 1. The molecule has 0 amide bonds. The second kappa shape index (κ2) is 4.74. The average molecular weight is 280 g/mol. The SMILES string of the molecule is C/C=C(/c1c(C)ccc2c1oc1ccccc12)[N+](C)(C)C. The van der Waals surface area contributed by atoms with E-state index < -0.39 is 0 Å². The van der Waals surface area contributed by atoms with E-state index in [0.29, 0.717) is 0 Å². The summed E-state index contributed by atoms with van der Waals surface area (Å²) in [5, 5.41) is 2.38. The van der Waals surface area contributed by atoms with E-state index in [4.69, 9.17) is 4.42 Å². The first-order valence-corrected chi connectivity index (χ1v) is 7.33. The van der Waals surface area contributed by atoms with Crippen molar-refractivity contribution in [2.75, 3.05) is 21.1 Å². The zero-order valence-corrected chi connectivity index (χ0v) is 13.4. The minimum Gasteiger partial charge on any atom is -0.455 e. The number of hydrogen-bond donors (Lipinski definition) is 0. The summed E-state index contributed by atoms with van der Waals surface area (Å²) in [6, 6.07) is 12.6. The molecule has 0 bridgehead atoms. The minimum absolute atomic E-state index is 0.771. The number of fused-ring (bicyclic) bond motifs is 3. The molecular weight excluding hydrogens is 258 g/mol. The van der Waals surface area contributed by atoms with Crippen molar-refractivity contribution in [1.82, 2.24) is 0 Å². The van der Waals surface area contributed by atoms with Crippen LogP contribution in [0.4, 0.5) is 0 Å². The van der Waals surface area contributed by atoms with Crippen LogP contribution in [0.5, 0.6) is 0 Å². The Kier molecular flexibility index (Phi) is 3.14. The van der Waals surface area contributed by atoms with Gasteiger partial charge in [-0.25, -0.2) is 0 Å². The van der Waals surface area contributed by atoms with Gasteiger partial charge < -0.3 is 4.42 Å². The van der Waals surface area contributed by atoms with E-state index >= 15 is 0 Å². The highest BCUT2D eigenvalue weighted by atomic mass is 16.3. The van der Waals surface area contributed by atoms with Crippen LogP contribution >= 0.6 is 0 Å². The molecule has 21 heavy (non-hydrogen) atoms. The molecule has 0 saturated heterocycles. The molecule has 2 aromatic carbocycles. The van der Waals surface area contributed by atoms with Gasteiger partial charge in [-0.2, -0.15) is 0 Å². The fraction of sp³-hybridized carbons (Fsp3) is 0.263.